The molecule has 1 atom stereocenters. The highest BCUT2D eigenvalue weighted by Gasteiger charge is 1.38. The van der Waals surface area contributed by atoms with Crippen LogP contribution >= 0.6 is 32.0 Å². The van der Waals surface area contributed by atoms with E-state index in [1.807, 2.05) is 0 Å². The molecule has 0 aromatic rings. The molecule has 0 aromatic heterocycles. The Kier molecular flexibility index (Phi) is 5.02. The number of rotatable bonds is 0. The van der Waals surface area contributed by atoms with E-state index in [1.165, 1.54) is 0 Å². The van der Waals surface area contributed by atoms with Crippen molar-refractivity contribution in [2.24, 2.45) is 4.52 Å². The predicted molar refractivity (Wildman–Crippen MR) is 28.0 cm³/mol. The van der Waals surface area contributed by atoms with E-state index in [2.05, 4.69) is 29.4 Å². The van der Waals surface area contributed by atoms with Crippen molar-refractivity contribution in [2.45, 2.75) is 0 Å². The van der Waals surface area contributed by atoms with E-state index in [-0.39, 0.29) is 0 Å². The van der Waals surface area contributed by atoms with Gasteiger partial charge in [-0.05, 0) is 9.39 Å². The van der Waals surface area contributed by atoms with E-state index in [4.69, 9.17) is 0 Å². The van der Waals surface area contributed by atoms with E-state index in [0.29, 0.717) is 0 Å². The summed E-state index contributed by atoms with van der Waals surface area (Å²) in [6.07, 6.45) is 0. The van der Waals surface area contributed by atoms with E-state index in [1.54, 1.807) is 0 Å². The highest BCUT2D eigenvalue weighted by Crippen LogP contribution is 2.11. The van der Waals surface area contributed by atoms with Crippen molar-refractivity contribution in [3.05, 3.63) is 0 Å². The van der Waals surface area contributed by atoms with Crippen molar-refractivity contribution in [3.8, 4) is 0 Å². The first-order valence-electron chi connectivity index (χ1n) is 0.627. The van der Waals surface area contributed by atoms with Gasteiger partial charge in [0.05, 0.1) is 7.08 Å². The predicted octanol–water partition coefficient (Wildman–Crippen LogP) is 2.22. The quantitative estimate of drug-likeness (QED) is 0.479. The summed E-state index contributed by atoms with van der Waals surface area (Å²) in [6, 6.07) is 0. The molecule has 0 aliphatic carbocycles. The van der Waals surface area contributed by atoms with Gasteiger partial charge in [0.1, 0.15) is 0 Å². The second-order valence-corrected chi connectivity index (χ2v) is 2.22. The van der Waals surface area contributed by atoms with Gasteiger partial charge in [-0.15, -0.1) is 0 Å². The molecule has 0 aliphatic rings. The van der Waals surface area contributed by atoms with Crippen LogP contribution in [0.2, 0.25) is 0 Å². The number of halogens is 1. The van der Waals surface area contributed by atoms with Crippen molar-refractivity contribution >= 4 is 32.0 Å². The normalized spacial score (nSPS) is 9.50. The van der Waals surface area contributed by atoms with E-state index in [9.17, 15) is 0 Å². The van der Waals surface area contributed by atoms with Crippen molar-refractivity contribution in [1.82, 2.24) is 0 Å². The molecule has 0 fully saturated rings. The second kappa shape index (κ2) is 4.01. The largest absolute Gasteiger partial charge is 0.240 e. The zero-order valence-electron chi connectivity index (χ0n) is 1.85. The first-order valence-corrected chi connectivity index (χ1v) is 4.01. The van der Waals surface area contributed by atoms with Crippen LogP contribution in [-0.4, -0.2) is 0 Å². The summed E-state index contributed by atoms with van der Waals surface area (Å²) in [5.74, 6) is 0. The van der Waals surface area contributed by atoms with Crippen LogP contribution in [0.1, 0.15) is 0 Å². The molecule has 0 bridgehead atoms. The fraction of sp³-hybridized carbons (Fsp3) is 0. The Labute approximate surface area is 37.1 Å². The molecule has 0 rings (SSSR count). The fourth-order valence-corrected chi connectivity index (χ4v) is 0. The van der Waals surface area contributed by atoms with Gasteiger partial charge in [-0.1, -0.05) is 0 Å². The lowest BCUT2D eigenvalue weighted by Crippen LogP contribution is -0.848. The second-order valence-electron chi connectivity index (χ2n) is 0.191. The lowest BCUT2D eigenvalue weighted by molar-refractivity contribution is 2.11. The maximum Gasteiger partial charge on any atom is 0.0870 e. The van der Waals surface area contributed by atoms with Gasteiger partial charge in [0.25, 0.3) is 0 Å². The van der Waals surface area contributed by atoms with Gasteiger partial charge in [0.15, 0.2) is 0 Å². The van der Waals surface area contributed by atoms with Gasteiger partial charge in [0.2, 0.25) is 0 Å². The van der Waals surface area contributed by atoms with E-state index >= 15 is 0 Å². The Morgan fingerprint density at radius 3 is 2.25 bits per heavy atom. The minimum atomic E-state index is 0.899. The smallest absolute Gasteiger partial charge is 0.0870 e. The average molecular weight is 158 g/mol. The van der Waals surface area contributed by atoms with Crippen LogP contribution in [0.5, 0.6) is 0 Å². The molecule has 0 N–H and O–H groups in total. The Morgan fingerprint density at radius 2 is 2.25 bits per heavy atom. The van der Waals surface area contributed by atoms with Gasteiger partial charge < -0.3 is 0 Å². The van der Waals surface area contributed by atoms with Gasteiger partial charge >= 0.3 is 0 Å². The summed E-state index contributed by atoms with van der Waals surface area (Å²) in [7, 11) is 3.12. The Balaban J connectivity index is 2.55. The molecule has 4 heteroatoms. The minimum absolute atomic E-state index is 0.899. The molecular weight excluding hydrogens is 156 g/mol. The molecule has 24 valence electrons. The summed E-state index contributed by atoms with van der Waals surface area (Å²) < 4.78 is 3.54. The monoisotopic (exact) mass is 157 g/mol. The van der Waals surface area contributed by atoms with Crippen LogP contribution in [-0.2, 0) is 0 Å². The molecule has 0 saturated carbocycles. The lowest BCUT2D eigenvalue weighted by atomic mass is 13.9. The van der Waals surface area contributed by atoms with Crippen LogP contribution in [0.15, 0.2) is 4.52 Å². The van der Waals surface area contributed by atoms with Crippen LogP contribution in [0.25, 0.3) is 0 Å². The third kappa shape index (κ3) is 3.01. The third-order valence-electron chi connectivity index (χ3n) is 0.0436. The zero-order chi connectivity index (χ0) is 3.41. The molecule has 0 aliphatic heterocycles. The Hall–Kier alpha value is 1.01. The van der Waals surface area contributed by atoms with Crippen molar-refractivity contribution in [1.29, 1.82) is 0 Å². The van der Waals surface area contributed by atoms with Gasteiger partial charge in [-0.3, -0.25) is 0 Å². The molecule has 0 aromatic carbocycles. The molecule has 0 radical (unpaired) electrons. The SMILES string of the molecule is PN=PBr. The highest BCUT2D eigenvalue weighted by atomic mass is 79.9. The highest BCUT2D eigenvalue weighted by molar-refractivity contribution is 9.35. The summed E-state index contributed by atoms with van der Waals surface area (Å²) in [4.78, 5) is 0. The maximum absolute atomic E-state index is 3.54. The summed E-state index contributed by atoms with van der Waals surface area (Å²) in [5.41, 5.74) is 0. The Morgan fingerprint density at radius 1 is 2.00 bits per heavy atom. The van der Waals surface area contributed by atoms with Crippen LogP contribution in [0, 0.1) is 0 Å². The van der Waals surface area contributed by atoms with Crippen LogP contribution in [0.4, 0.5) is 0 Å². The summed E-state index contributed by atoms with van der Waals surface area (Å²) in [5, 5.41) is 0. The first-order chi connectivity index (χ1) is 1.91. The first kappa shape index (κ1) is 5.01. The van der Waals surface area contributed by atoms with Gasteiger partial charge in [-0.2, -0.15) is 0 Å². The molecule has 0 heterocycles. The molecule has 1 unspecified atom stereocenters. The van der Waals surface area contributed by atoms with Crippen molar-refractivity contribution in [2.75, 3.05) is 0 Å². The van der Waals surface area contributed by atoms with Crippen molar-refractivity contribution < 1.29 is 0 Å². The van der Waals surface area contributed by atoms with E-state index in [0.717, 1.165) is 7.08 Å². The topological polar surface area (TPSA) is 12.4 Å². The molecular formula is H2BrNP2. The van der Waals surface area contributed by atoms with Crippen LogP contribution in [0.3, 0.4) is 0 Å². The fourth-order valence-electron chi connectivity index (χ4n) is 0. The molecule has 1 nitrogen and oxygen atoms in total. The lowest BCUT2D eigenvalue weighted by Gasteiger charge is -1.48. The number of nitrogens with zero attached hydrogens (tertiary/aromatic N) is 1. The number of hydrogen-bond acceptors (Lipinski definition) is 1. The summed E-state index contributed by atoms with van der Waals surface area (Å²) in [6.45, 7) is 0. The standard InChI is InChI=1S/BrH2NP2/c1-4-2-3/h3H2. The average Bonchev–Trinajstić information content (AvgIpc) is 1.37. The van der Waals surface area contributed by atoms with Crippen molar-refractivity contribution in [3.63, 3.8) is 0 Å². The molecule has 4 heavy (non-hydrogen) atoms. The summed E-state index contributed by atoms with van der Waals surface area (Å²) >= 11 is 3.03. The number of hydrogen-bond donors (Lipinski definition) is 0. The third-order valence-corrected chi connectivity index (χ3v) is 2.04. The van der Waals surface area contributed by atoms with Gasteiger partial charge in [-0.25, -0.2) is 4.52 Å². The molecule has 0 amide bonds. The minimum Gasteiger partial charge on any atom is -0.240 e. The molecule has 0 saturated heterocycles. The molecule has 0 spiro atoms. The zero-order valence-corrected chi connectivity index (χ0v) is 5.48. The Bertz CT molecular complexity index is 21.2. The van der Waals surface area contributed by atoms with E-state index < -0.39 is 0 Å². The maximum atomic E-state index is 3.54. The van der Waals surface area contributed by atoms with Gasteiger partial charge in [0, 0.05) is 15.5 Å². The van der Waals surface area contributed by atoms with Crippen LogP contribution < -0.4 is 0 Å².